The first-order chi connectivity index (χ1) is 15.1. The summed E-state index contributed by atoms with van der Waals surface area (Å²) >= 11 is 0. The molecule has 7 nitrogen and oxygen atoms in total. The van der Waals surface area contributed by atoms with E-state index in [9.17, 15) is 14.0 Å². The molecule has 3 unspecified atom stereocenters. The third-order valence-electron chi connectivity index (χ3n) is 5.97. The van der Waals surface area contributed by atoms with Gasteiger partial charge in [-0.05, 0) is 66.0 Å². The summed E-state index contributed by atoms with van der Waals surface area (Å²) in [4.78, 5) is 28.0. The van der Waals surface area contributed by atoms with Crippen LogP contribution in [0, 0.1) is 11.8 Å². The van der Waals surface area contributed by atoms with Gasteiger partial charge in [-0.15, -0.1) is 0 Å². The molecule has 180 valence electrons. The Labute approximate surface area is 189 Å². The first kappa shape index (κ1) is 24.9. The lowest BCUT2D eigenvalue weighted by Crippen LogP contribution is -2.40. The van der Waals surface area contributed by atoms with Gasteiger partial charge in [0.15, 0.2) is 12.1 Å². The molecule has 0 aromatic heterocycles. The monoisotopic (exact) mass is 453 g/mol. The van der Waals surface area contributed by atoms with Gasteiger partial charge < -0.3 is 23.8 Å². The number of ketones is 1. The maximum Gasteiger partial charge on any atom is 0.410 e. The zero-order chi connectivity index (χ0) is 23.5. The fraction of sp³-hybridized carbons (Fsp3) is 0.750. The average Bonchev–Trinajstić information content (AvgIpc) is 3.41. The molecule has 32 heavy (non-hydrogen) atoms. The normalized spacial score (nSPS) is 28.8. The second-order valence-corrected chi connectivity index (χ2v) is 9.52. The zero-order valence-electron chi connectivity index (χ0n) is 19.8. The minimum Gasteiger partial charge on any atom is -0.444 e. The minimum atomic E-state index is -0.835. The average molecular weight is 454 g/mol. The second-order valence-electron chi connectivity index (χ2n) is 9.52. The molecule has 3 rings (SSSR count). The van der Waals surface area contributed by atoms with E-state index in [1.165, 1.54) is 12.2 Å². The molecule has 1 spiro atoms. The van der Waals surface area contributed by atoms with E-state index in [0.717, 1.165) is 0 Å². The van der Waals surface area contributed by atoms with Crippen molar-refractivity contribution >= 4 is 11.9 Å². The molecule has 0 bridgehead atoms. The Morgan fingerprint density at radius 1 is 1.28 bits per heavy atom. The van der Waals surface area contributed by atoms with Crippen LogP contribution < -0.4 is 0 Å². The van der Waals surface area contributed by atoms with E-state index in [4.69, 9.17) is 18.9 Å². The quantitative estimate of drug-likeness (QED) is 0.582. The van der Waals surface area contributed by atoms with Gasteiger partial charge in [0.1, 0.15) is 17.0 Å². The van der Waals surface area contributed by atoms with Crippen molar-refractivity contribution in [3.8, 4) is 0 Å². The van der Waals surface area contributed by atoms with Gasteiger partial charge in [0, 0.05) is 37.8 Å². The van der Waals surface area contributed by atoms with Crippen LogP contribution in [0.15, 0.2) is 23.6 Å². The molecule has 0 N–H and O–H groups in total. The van der Waals surface area contributed by atoms with Gasteiger partial charge in [-0.2, -0.15) is 0 Å². The van der Waals surface area contributed by atoms with E-state index < -0.39 is 35.3 Å². The molecule has 3 aliphatic rings. The molecule has 0 radical (unpaired) electrons. The van der Waals surface area contributed by atoms with Crippen LogP contribution in [0.1, 0.15) is 53.9 Å². The summed E-state index contributed by atoms with van der Waals surface area (Å²) in [5.74, 6) is -1.41. The largest absolute Gasteiger partial charge is 0.444 e. The molecule has 2 fully saturated rings. The number of halogens is 1. The van der Waals surface area contributed by atoms with Gasteiger partial charge in [0.05, 0.1) is 12.5 Å². The zero-order valence-corrected chi connectivity index (χ0v) is 19.8. The Bertz CT molecular complexity index is 767. The fourth-order valence-electron chi connectivity index (χ4n) is 4.46. The van der Waals surface area contributed by atoms with Crippen molar-refractivity contribution in [1.82, 2.24) is 4.90 Å². The fourth-order valence-corrected chi connectivity index (χ4v) is 4.46. The highest BCUT2D eigenvalue weighted by Gasteiger charge is 2.61. The second kappa shape index (κ2) is 10.0. The molecule has 3 atom stereocenters. The number of allylic oxidation sites excluding steroid dienone is 2. The van der Waals surface area contributed by atoms with E-state index in [2.05, 4.69) is 0 Å². The molecular formula is C24H36FNO6. The summed E-state index contributed by atoms with van der Waals surface area (Å²) in [5.41, 5.74) is -1.10. The van der Waals surface area contributed by atoms with Gasteiger partial charge in [0.25, 0.3) is 0 Å². The van der Waals surface area contributed by atoms with Crippen LogP contribution in [0.3, 0.4) is 0 Å². The van der Waals surface area contributed by atoms with Crippen LogP contribution in [0.4, 0.5) is 9.18 Å². The molecule has 1 saturated carbocycles. The molecule has 0 aromatic rings. The van der Waals surface area contributed by atoms with E-state index in [0.29, 0.717) is 51.1 Å². The SMILES string of the molecule is CCOC(OCC)C1CCCN(C(=O)OC(C)(C)C)CCOC23CC2C=C(F)C=C3C1=O. The predicted molar refractivity (Wildman–Crippen MR) is 117 cm³/mol. The summed E-state index contributed by atoms with van der Waals surface area (Å²) in [5, 5.41) is 0. The molecule has 1 saturated heterocycles. The summed E-state index contributed by atoms with van der Waals surface area (Å²) in [6.07, 6.45) is 3.20. The number of hydrogen-bond acceptors (Lipinski definition) is 6. The number of carbonyl (C=O) groups is 2. The summed E-state index contributed by atoms with van der Waals surface area (Å²) < 4.78 is 37.5. The first-order valence-electron chi connectivity index (χ1n) is 11.6. The topological polar surface area (TPSA) is 74.3 Å². The van der Waals surface area contributed by atoms with Crippen LogP contribution in [-0.4, -0.2) is 67.2 Å². The van der Waals surface area contributed by atoms with E-state index in [1.807, 2.05) is 34.6 Å². The van der Waals surface area contributed by atoms with Gasteiger partial charge in [-0.1, -0.05) is 0 Å². The van der Waals surface area contributed by atoms with Crippen molar-refractivity contribution in [2.45, 2.75) is 71.4 Å². The number of rotatable bonds is 5. The Balaban J connectivity index is 1.89. The first-order valence-corrected chi connectivity index (χ1v) is 11.6. The minimum absolute atomic E-state index is 0.180. The third-order valence-corrected chi connectivity index (χ3v) is 5.97. The van der Waals surface area contributed by atoms with Crippen LogP contribution >= 0.6 is 0 Å². The highest BCUT2D eigenvalue weighted by molar-refractivity contribution is 6.01. The van der Waals surface area contributed by atoms with Gasteiger partial charge in [-0.25, -0.2) is 9.18 Å². The van der Waals surface area contributed by atoms with Crippen molar-refractivity contribution < 1.29 is 32.9 Å². The van der Waals surface area contributed by atoms with Crippen molar-refractivity contribution in [2.24, 2.45) is 11.8 Å². The van der Waals surface area contributed by atoms with Crippen molar-refractivity contribution in [3.63, 3.8) is 0 Å². The number of amides is 1. The van der Waals surface area contributed by atoms with E-state index in [1.54, 1.807) is 4.90 Å². The lowest BCUT2D eigenvalue weighted by atomic mass is 9.86. The molecule has 8 heteroatoms. The third kappa shape index (κ3) is 5.58. The lowest BCUT2D eigenvalue weighted by molar-refractivity contribution is -0.174. The van der Waals surface area contributed by atoms with Crippen LogP contribution in [0.5, 0.6) is 0 Å². The number of nitrogens with zero attached hydrogens (tertiary/aromatic N) is 1. The smallest absolute Gasteiger partial charge is 0.410 e. The van der Waals surface area contributed by atoms with E-state index >= 15 is 0 Å². The molecule has 2 aliphatic carbocycles. The van der Waals surface area contributed by atoms with Gasteiger partial charge >= 0.3 is 6.09 Å². The molecular weight excluding hydrogens is 417 g/mol. The van der Waals surface area contributed by atoms with Crippen molar-refractivity contribution in [2.75, 3.05) is 32.9 Å². The van der Waals surface area contributed by atoms with Crippen LogP contribution in [-0.2, 0) is 23.7 Å². The van der Waals surface area contributed by atoms with Crippen LogP contribution in [0.25, 0.3) is 0 Å². The molecule has 1 aliphatic heterocycles. The number of carbonyl (C=O) groups excluding carboxylic acids is 2. The highest BCUT2D eigenvalue weighted by atomic mass is 19.1. The van der Waals surface area contributed by atoms with E-state index in [-0.39, 0.29) is 18.3 Å². The molecule has 1 heterocycles. The number of hydrogen-bond donors (Lipinski definition) is 0. The van der Waals surface area contributed by atoms with Crippen molar-refractivity contribution in [3.05, 3.63) is 23.6 Å². The lowest BCUT2D eigenvalue weighted by Gasteiger charge is -2.29. The van der Waals surface area contributed by atoms with Crippen molar-refractivity contribution in [1.29, 1.82) is 0 Å². The van der Waals surface area contributed by atoms with Crippen LogP contribution in [0.2, 0.25) is 0 Å². The Morgan fingerprint density at radius 3 is 2.59 bits per heavy atom. The Kier molecular flexibility index (Phi) is 7.78. The Morgan fingerprint density at radius 2 is 1.97 bits per heavy atom. The number of ether oxygens (including phenoxy) is 4. The molecule has 1 amide bonds. The highest BCUT2D eigenvalue weighted by Crippen LogP contribution is 2.57. The summed E-state index contributed by atoms with van der Waals surface area (Å²) in [6, 6.07) is 0. The summed E-state index contributed by atoms with van der Waals surface area (Å²) in [7, 11) is 0. The van der Waals surface area contributed by atoms with Gasteiger partial charge in [-0.3, -0.25) is 4.79 Å². The maximum absolute atomic E-state index is 14.3. The maximum atomic E-state index is 14.3. The summed E-state index contributed by atoms with van der Waals surface area (Å²) in [6.45, 7) is 10.9. The number of Topliss-reactive ketones (excluding diaryl/α,β-unsaturated/α-hetero) is 1. The Hall–Kier alpha value is -1.77. The predicted octanol–water partition coefficient (Wildman–Crippen LogP) is 4.17. The van der Waals surface area contributed by atoms with Gasteiger partial charge in [0.2, 0.25) is 0 Å². The standard InChI is InChI=1S/C24H36FNO6/c1-6-29-21(30-7-2)18-9-8-10-26(22(28)32-23(3,4)5)11-12-31-24-15-16(24)13-17(25)14-19(24)20(18)27/h13-14,16,18,21H,6-12,15H2,1-5H3. The molecule has 0 aromatic carbocycles.